The number of likely N-dealkylation sites (N-methyl/N-ethyl adjacent to an activating group) is 1. The first-order chi connectivity index (χ1) is 10.5. The van der Waals surface area contributed by atoms with Gasteiger partial charge in [-0.2, -0.15) is 0 Å². The van der Waals surface area contributed by atoms with Crippen LogP contribution in [0.3, 0.4) is 0 Å². The fourth-order valence-electron chi connectivity index (χ4n) is 3.19. The highest BCUT2D eigenvalue weighted by atomic mass is 15.2. The van der Waals surface area contributed by atoms with Crippen LogP contribution in [0.5, 0.6) is 0 Å². The van der Waals surface area contributed by atoms with Gasteiger partial charge in [-0.05, 0) is 37.5 Å². The van der Waals surface area contributed by atoms with E-state index in [4.69, 9.17) is 0 Å². The van der Waals surface area contributed by atoms with Gasteiger partial charge in [0, 0.05) is 32.2 Å². The fourth-order valence-corrected chi connectivity index (χ4v) is 3.19. The molecular weight excluding hydrogens is 270 g/mol. The third-order valence-corrected chi connectivity index (χ3v) is 4.59. The van der Waals surface area contributed by atoms with E-state index in [1.807, 2.05) is 0 Å². The molecule has 1 N–H and O–H groups in total. The Hall–Kier alpha value is -0.900. The van der Waals surface area contributed by atoms with Gasteiger partial charge < -0.3 is 15.1 Å². The van der Waals surface area contributed by atoms with Crippen LogP contribution < -0.4 is 5.32 Å². The first kappa shape index (κ1) is 17.5. The molecule has 1 aliphatic heterocycles. The zero-order valence-electron chi connectivity index (χ0n) is 14.8. The van der Waals surface area contributed by atoms with E-state index in [0.29, 0.717) is 6.04 Å². The summed E-state index contributed by atoms with van der Waals surface area (Å²) in [7, 11) is 2.21. The quantitative estimate of drug-likeness (QED) is 0.815. The van der Waals surface area contributed by atoms with Gasteiger partial charge >= 0.3 is 0 Å². The molecule has 3 heteroatoms. The van der Waals surface area contributed by atoms with Gasteiger partial charge in [-0.1, -0.05) is 51.1 Å². The summed E-state index contributed by atoms with van der Waals surface area (Å²) in [5, 5.41) is 3.79. The lowest BCUT2D eigenvalue weighted by Gasteiger charge is -2.34. The van der Waals surface area contributed by atoms with Crippen molar-refractivity contribution in [2.45, 2.75) is 33.2 Å². The molecule has 22 heavy (non-hydrogen) atoms. The molecule has 0 saturated carbocycles. The Morgan fingerprint density at radius 2 is 1.68 bits per heavy atom. The Morgan fingerprint density at radius 1 is 1.05 bits per heavy atom. The van der Waals surface area contributed by atoms with Crippen LogP contribution in [0.1, 0.15) is 38.8 Å². The molecule has 0 aromatic heterocycles. The van der Waals surface area contributed by atoms with Crippen LogP contribution >= 0.6 is 0 Å². The van der Waals surface area contributed by atoms with E-state index >= 15 is 0 Å². The highest BCUT2D eigenvalue weighted by Gasteiger charge is 2.25. The average Bonchev–Trinajstić information content (AvgIpc) is 2.48. The molecule has 1 heterocycles. The van der Waals surface area contributed by atoms with Crippen LogP contribution in [-0.2, 0) is 0 Å². The lowest BCUT2D eigenvalue weighted by molar-refractivity contribution is 0.151. The number of rotatable bonds is 6. The van der Waals surface area contributed by atoms with Gasteiger partial charge in [0.25, 0.3) is 0 Å². The topological polar surface area (TPSA) is 18.5 Å². The predicted octanol–water partition coefficient (Wildman–Crippen LogP) is 3.00. The van der Waals surface area contributed by atoms with Crippen molar-refractivity contribution in [2.75, 3.05) is 46.3 Å². The van der Waals surface area contributed by atoms with Crippen molar-refractivity contribution >= 4 is 0 Å². The molecule has 1 aromatic carbocycles. The Labute approximate surface area is 136 Å². The lowest BCUT2D eigenvalue weighted by Crippen LogP contribution is -2.45. The van der Waals surface area contributed by atoms with E-state index in [0.717, 1.165) is 6.54 Å². The molecule has 1 atom stereocenters. The van der Waals surface area contributed by atoms with Gasteiger partial charge in [0.15, 0.2) is 0 Å². The van der Waals surface area contributed by atoms with Crippen LogP contribution in [-0.4, -0.2) is 56.1 Å². The Kier molecular flexibility index (Phi) is 6.42. The number of hydrogen-bond acceptors (Lipinski definition) is 3. The molecule has 0 amide bonds. The SMILES string of the molecule is CN1CCN(CCCN[C@@H](c2ccccc2)C(C)(C)C)CC1. The van der Waals surface area contributed by atoms with Crippen LogP contribution in [0.25, 0.3) is 0 Å². The summed E-state index contributed by atoms with van der Waals surface area (Å²) in [5.74, 6) is 0. The maximum atomic E-state index is 3.79. The smallest absolute Gasteiger partial charge is 0.0369 e. The van der Waals surface area contributed by atoms with E-state index in [-0.39, 0.29) is 5.41 Å². The zero-order valence-corrected chi connectivity index (χ0v) is 14.8. The van der Waals surface area contributed by atoms with Gasteiger partial charge in [0.1, 0.15) is 0 Å². The molecular formula is C19H33N3. The zero-order chi connectivity index (χ0) is 16.0. The number of hydrogen-bond donors (Lipinski definition) is 1. The number of nitrogens with zero attached hydrogens (tertiary/aromatic N) is 2. The van der Waals surface area contributed by atoms with Crippen molar-refractivity contribution in [3.63, 3.8) is 0 Å². The minimum Gasteiger partial charge on any atom is -0.309 e. The van der Waals surface area contributed by atoms with Crippen molar-refractivity contribution in [1.82, 2.24) is 15.1 Å². The highest BCUT2D eigenvalue weighted by molar-refractivity contribution is 5.20. The summed E-state index contributed by atoms with van der Waals surface area (Å²) in [4.78, 5) is 5.01. The molecule has 0 spiro atoms. The summed E-state index contributed by atoms with van der Waals surface area (Å²) in [6, 6.07) is 11.3. The Morgan fingerprint density at radius 3 is 2.27 bits per heavy atom. The lowest BCUT2D eigenvalue weighted by atomic mass is 9.82. The van der Waals surface area contributed by atoms with Crippen LogP contribution in [0.15, 0.2) is 30.3 Å². The first-order valence-electron chi connectivity index (χ1n) is 8.66. The highest BCUT2D eigenvalue weighted by Crippen LogP contribution is 2.32. The standard InChI is InChI=1S/C19H33N3/c1-19(2,3)18(17-9-6-5-7-10-17)20-11-8-12-22-15-13-21(4)14-16-22/h5-7,9-10,18,20H,8,11-16H2,1-4H3/t18-/m0/s1. The second-order valence-electron chi connectivity index (χ2n) is 7.66. The van der Waals surface area contributed by atoms with E-state index < -0.39 is 0 Å². The summed E-state index contributed by atoms with van der Waals surface area (Å²) < 4.78 is 0. The van der Waals surface area contributed by atoms with Gasteiger partial charge in [0.05, 0.1) is 0 Å². The van der Waals surface area contributed by atoms with Gasteiger partial charge in [-0.25, -0.2) is 0 Å². The Balaban J connectivity index is 1.77. The van der Waals surface area contributed by atoms with Crippen molar-refractivity contribution in [1.29, 1.82) is 0 Å². The normalized spacial score (nSPS) is 19.3. The van der Waals surface area contributed by atoms with Crippen molar-refractivity contribution in [3.8, 4) is 0 Å². The molecule has 0 radical (unpaired) electrons. The first-order valence-corrected chi connectivity index (χ1v) is 8.66. The van der Waals surface area contributed by atoms with Gasteiger partial charge in [0.2, 0.25) is 0 Å². The fraction of sp³-hybridized carbons (Fsp3) is 0.684. The van der Waals surface area contributed by atoms with Crippen molar-refractivity contribution < 1.29 is 0 Å². The molecule has 0 aliphatic carbocycles. The minimum atomic E-state index is 0.231. The summed E-state index contributed by atoms with van der Waals surface area (Å²) >= 11 is 0. The number of benzene rings is 1. The largest absolute Gasteiger partial charge is 0.309 e. The second-order valence-corrected chi connectivity index (χ2v) is 7.66. The average molecular weight is 303 g/mol. The minimum absolute atomic E-state index is 0.231. The third-order valence-electron chi connectivity index (χ3n) is 4.59. The van der Waals surface area contributed by atoms with Gasteiger partial charge in [-0.3, -0.25) is 0 Å². The molecule has 2 rings (SSSR count). The van der Waals surface area contributed by atoms with Crippen LogP contribution in [0.2, 0.25) is 0 Å². The molecule has 1 aliphatic rings. The summed E-state index contributed by atoms with van der Waals surface area (Å²) in [5.41, 5.74) is 1.63. The third kappa shape index (κ3) is 5.38. The predicted molar refractivity (Wildman–Crippen MR) is 95.2 cm³/mol. The molecule has 1 fully saturated rings. The number of nitrogens with one attached hydrogen (secondary N) is 1. The molecule has 3 nitrogen and oxygen atoms in total. The molecule has 124 valence electrons. The molecule has 0 unspecified atom stereocenters. The van der Waals surface area contributed by atoms with E-state index in [1.54, 1.807) is 0 Å². The summed E-state index contributed by atoms with van der Waals surface area (Å²) in [6.07, 6.45) is 1.23. The molecule has 1 saturated heterocycles. The second kappa shape index (κ2) is 8.09. The van der Waals surface area contributed by atoms with Crippen molar-refractivity contribution in [3.05, 3.63) is 35.9 Å². The maximum absolute atomic E-state index is 3.79. The van der Waals surface area contributed by atoms with E-state index in [9.17, 15) is 0 Å². The van der Waals surface area contributed by atoms with Crippen LogP contribution in [0.4, 0.5) is 0 Å². The Bertz CT molecular complexity index is 416. The van der Waals surface area contributed by atoms with Crippen molar-refractivity contribution in [2.24, 2.45) is 5.41 Å². The van der Waals surface area contributed by atoms with Crippen LogP contribution in [0, 0.1) is 5.41 Å². The maximum Gasteiger partial charge on any atom is 0.0369 e. The number of piperazine rings is 1. The summed E-state index contributed by atoms with van der Waals surface area (Å²) in [6.45, 7) is 14.1. The van der Waals surface area contributed by atoms with E-state index in [1.165, 1.54) is 44.7 Å². The molecule has 0 bridgehead atoms. The monoisotopic (exact) mass is 303 g/mol. The molecule has 1 aromatic rings. The van der Waals surface area contributed by atoms with E-state index in [2.05, 4.69) is 73.3 Å². The van der Waals surface area contributed by atoms with Gasteiger partial charge in [-0.15, -0.1) is 0 Å².